The Balaban J connectivity index is 1.80. The zero-order valence-electron chi connectivity index (χ0n) is 18.1. The maximum Gasteiger partial charge on any atom is 0.145 e. The van der Waals surface area contributed by atoms with Crippen molar-refractivity contribution in [2.45, 2.75) is 46.5 Å². The minimum absolute atomic E-state index is 1.04. The molecule has 0 radical (unpaired) electrons. The molecule has 30 heavy (non-hydrogen) atoms. The number of nitrogens with zero attached hydrogens (tertiary/aromatic N) is 2. The van der Waals surface area contributed by atoms with E-state index in [1.165, 1.54) is 63.2 Å². The van der Waals surface area contributed by atoms with Crippen LogP contribution in [0.15, 0.2) is 66.9 Å². The van der Waals surface area contributed by atoms with Crippen LogP contribution in [0.4, 0.5) is 0 Å². The van der Waals surface area contributed by atoms with Gasteiger partial charge in [-0.25, -0.2) is 4.98 Å². The fourth-order valence-electron chi connectivity index (χ4n) is 4.88. The van der Waals surface area contributed by atoms with Gasteiger partial charge in [-0.2, -0.15) is 0 Å². The van der Waals surface area contributed by atoms with Gasteiger partial charge in [-0.15, -0.1) is 0 Å². The van der Waals surface area contributed by atoms with E-state index in [9.17, 15) is 0 Å². The highest BCUT2D eigenvalue weighted by molar-refractivity contribution is 6.11. The van der Waals surface area contributed by atoms with Gasteiger partial charge in [0.2, 0.25) is 0 Å². The van der Waals surface area contributed by atoms with Crippen molar-refractivity contribution >= 4 is 27.3 Å². The van der Waals surface area contributed by atoms with Crippen LogP contribution in [0.5, 0.6) is 0 Å². The van der Waals surface area contributed by atoms with E-state index in [2.05, 4.69) is 92.0 Å². The number of hydrogen-bond acceptors (Lipinski definition) is 1. The topological polar surface area (TPSA) is 17.3 Å². The molecule has 5 aromatic rings. The van der Waals surface area contributed by atoms with Crippen LogP contribution in [0.2, 0.25) is 0 Å². The van der Waals surface area contributed by atoms with Crippen LogP contribution in [0.1, 0.15) is 42.9 Å². The van der Waals surface area contributed by atoms with Crippen LogP contribution in [-0.4, -0.2) is 9.38 Å². The lowest BCUT2D eigenvalue weighted by Gasteiger charge is -2.12. The third kappa shape index (κ3) is 3.08. The van der Waals surface area contributed by atoms with Gasteiger partial charge in [0.15, 0.2) is 0 Å². The molecule has 2 aromatic heterocycles. The molecule has 0 unspecified atom stereocenters. The Labute approximate surface area is 178 Å². The van der Waals surface area contributed by atoms with E-state index in [4.69, 9.17) is 4.98 Å². The molecule has 0 aliphatic heterocycles. The number of benzene rings is 3. The lowest BCUT2D eigenvalue weighted by atomic mass is 9.93. The fourth-order valence-corrected chi connectivity index (χ4v) is 4.88. The van der Waals surface area contributed by atoms with Crippen LogP contribution < -0.4 is 0 Å². The van der Waals surface area contributed by atoms with E-state index in [0.29, 0.717) is 0 Å². The molecular formula is C28H28N2. The molecule has 0 aliphatic rings. The van der Waals surface area contributed by atoms with Crippen molar-refractivity contribution in [3.63, 3.8) is 0 Å². The number of hydrogen-bond donors (Lipinski definition) is 0. The minimum atomic E-state index is 1.04. The summed E-state index contributed by atoms with van der Waals surface area (Å²) in [5.74, 6) is 0. The van der Waals surface area contributed by atoms with Crippen molar-refractivity contribution in [3.05, 3.63) is 83.6 Å². The summed E-state index contributed by atoms with van der Waals surface area (Å²) < 4.78 is 2.28. The maximum absolute atomic E-state index is 5.20. The molecule has 0 N–H and O–H groups in total. The van der Waals surface area contributed by atoms with Crippen LogP contribution in [-0.2, 0) is 6.42 Å². The molecule has 0 spiro atoms. The molecule has 0 aliphatic carbocycles. The first-order chi connectivity index (χ1) is 14.7. The third-order valence-corrected chi connectivity index (χ3v) is 6.19. The van der Waals surface area contributed by atoms with Gasteiger partial charge < -0.3 is 0 Å². The summed E-state index contributed by atoms with van der Waals surface area (Å²) in [6.45, 7) is 6.69. The van der Waals surface area contributed by atoms with Gasteiger partial charge in [-0.1, -0.05) is 79.9 Å². The number of unbranched alkanes of at least 4 members (excludes halogenated alkanes) is 2. The number of imidazole rings is 1. The van der Waals surface area contributed by atoms with E-state index in [1.807, 2.05) is 0 Å². The van der Waals surface area contributed by atoms with Crippen LogP contribution in [0.25, 0.3) is 38.6 Å². The summed E-state index contributed by atoms with van der Waals surface area (Å²) in [5, 5.41) is 3.75. The number of aryl methyl sites for hydroxylation is 3. The second kappa shape index (κ2) is 7.60. The zero-order valence-corrected chi connectivity index (χ0v) is 18.1. The van der Waals surface area contributed by atoms with Crippen molar-refractivity contribution in [2.24, 2.45) is 0 Å². The smallest absolute Gasteiger partial charge is 0.145 e. The lowest BCUT2D eigenvalue weighted by molar-refractivity contribution is 0.717. The van der Waals surface area contributed by atoms with Gasteiger partial charge in [-0.3, -0.25) is 4.40 Å². The predicted octanol–water partition coefficient (Wildman–Crippen LogP) is 7.66. The molecule has 0 amide bonds. The van der Waals surface area contributed by atoms with Crippen molar-refractivity contribution in [1.82, 2.24) is 9.38 Å². The number of pyridine rings is 1. The van der Waals surface area contributed by atoms with Gasteiger partial charge >= 0.3 is 0 Å². The van der Waals surface area contributed by atoms with E-state index in [-0.39, 0.29) is 0 Å². The van der Waals surface area contributed by atoms with E-state index < -0.39 is 0 Å². The van der Waals surface area contributed by atoms with Crippen LogP contribution in [0, 0.1) is 13.8 Å². The number of rotatable bonds is 5. The second-order valence-corrected chi connectivity index (χ2v) is 8.46. The molecule has 150 valence electrons. The maximum atomic E-state index is 5.20. The normalized spacial score (nSPS) is 11.7. The summed E-state index contributed by atoms with van der Waals surface area (Å²) in [7, 11) is 0. The summed E-state index contributed by atoms with van der Waals surface area (Å²) >= 11 is 0. The Kier molecular flexibility index (Phi) is 4.78. The Bertz CT molecular complexity index is 1300. The molecule has 2 heteroatoms. The van der Waals surface area contributed by atoms with E-state index >= 15 is 0 Å². The first-order valence-corrected chi connectivity index (χ1v) is 11.1. The van der Waals surface area contributed by atoms with Gasteiger partial charge in [0, 0.05) is 22.5 Å². The van der Waals surface area contributed by atoms with Gasteiger partial charge in [-0.05, 0) is 49.3 Å². The van der Waals surface area contributed by atoms with Crippen molar-refractivity contribution in [3.8, 4) is 11.3 Å². The quantitative estimate of drug-likeness (QED) is 0.222. The highest BCUT2D eigenvalue weighted by Gasteiger charge is 2.16. The second-order valence-electron chi connectivity index (χ2n) is 8.46. The van der Waals surface area contributed by atoms with E-state index in [0.717, 1.165) is 17.8 Å². The Morgan fingerprint density at radius 2 is 1.57 bits per heavy atom. The highest BCUT2D eigenvalue weighted by Crippen LogP contribution is 2.34. The van der Waals surface area contributed by atoms with Crippen LogP contribution in [0.3, 0.4) is 0 Å². The average molecular weight is 393 g/mol. The Morgan fingerprint density at radius 3 is 2.37 bits per heavy atom. The number of fused-ring (bicyclic) bond motifs is 6. The SMILES string of the molecule is CCCCCc1cc(C)cc(C)c1-c1cn2c3ccccc3c3ccccc3c2n1. The molecule has 0 bridgehead atoms. The number of para-hydroxylation sites is 1. The van der Waals surface area contributed by atoms with Gasteiger partial charge in [0.05, 0.1) is 11.2 Å². The monoisotopic (exact) mass is 392 g/mol. The molecule has 5 rings (SSSR count). The third-order valence-electron chi connectivity index (χ3n) is 6.19. The van der Waals surface area contributed by atoms with E-state index in [1.54, 1.807) is 0 Å². The van der Waals surface area contributed by atoms with Gasteiger partial charge in [0.25, 0.3) is 0 Å². The summed E-state index contributed by atoms with van der Waals surface area (Å²) in [6.07, 6.45) is 7.09. The Morgan fingerprint density at radius 1 is 0.833 bits per heavy atom. The van der Waals surface area contributed by atoms with Gasteiger partial charge in [0.1, 0.15) is 5.65 Å². The molecule has 0 saturated heterocycles. The molecule has 2 nitrogen and oxygen atoms in total. The van der Waals surface area contributed by atoms with Crippen molar-refractivity contribution in [2.75, 3.05) is 0 Å². The Hall–Kier alpha value is -3.13. The lowest BCUT2D eigenvalue weighted by Crippen LogP contribution is -1.96. The standard InChI is InChI=1S/C28H28N2/c1-4-5-6-11-21-17-19(2)16-20(3)27(21)25-18-30-26-15-10-9-13-23(26)22-12-7-8-14-24(22)28(30)29-25/h7-10,12-18H,4-6,11H2,1-3H3. The largest absolute Gasteiger partial charge is 0.298 e. The molecule has 3 aromatic carbocycles. The first-order valence-electron chi connectivity index (χ1n) is 11.1. The molecule has 0 saturated carbocycles. The molecule has 0 atom stereocenters. The average Bonchev–Trinajstić information content (AvgIpc) is 3.19. The molecule has 2 heterocycles. The van der Waals surface area contributed by atoms with Crippen molar-refractivity contribution < 1.29 is 0 Å². The van der Waals surface area contributed by atoms with Crippen molar-refractivity contribution in [1.29, 1.82) is 0 Å². The summed E-state index contributed by atoms with van der Waals surface area (Å²) in [6, 6.07) is 21.9. The molecular weight excluding hydrogens is 364 g/mol. The first kappa shape index (κ1) is 18.9. The predicted molar refractivity (Wildman–Crippen MR) is 128 cm³/mol. The number of aromatic nitrogens is 2. The van der Waals surface area contributed by atoms with Crippen LogP contribution >= 0.6 is 0 Å². The zero-order chi connectivity index (χ0) is 20.7. The minimum Gasteiger partial charge on any atom is -0.298 e. The highest BCUT2D eigenvalue weighted by atomic mass is 15.0. The summed E-state index contributed by atoms with van der Waals surface area (Å²) in [5.41, 5.74) is 8.73. The summed E-state index contributed by atoms with van der Waals surface area (Å²) in [4.78, 5) is 5.20. The molecule has 0 fully saturated rings. The fraction of sp³-hybridized carbons (Fsp3) is 0.250.